The second kappa shape index (κ2) is 5.28. The minimum atomic E-state index is -0.200. The number of benzene rings is 2. The monoisotopic (exact) mass is 289 g/mol. The van der Waals surface area contributed by atoms with Gasteiger partial charge < -0.3 is 4.74 Å². The molecule has 2 aliphatic rings. The third-order valence-electron chi connectivity index (χ3n) is 4.81. The van der Waals surface area contributed by atoms with E-state index in [1.165, 1.54) is 16.7 Å². The predicted molar refractivity (Wildman–Crippen MR) is 87.4 cm³/mol. The lowest BCUT2D eigenvalue weighted by Gasteiger charge is -2.26. The molecule has 2 unspecified atom stereocenters. The molecule has 2 aliphatic heterocycles. The highest BCUT2D eigenvalue weighted by atomic mass is 16.5. The zero-order chi connectivity index (χ0) is 15.0. The molecule has 0 bridgehead atoms. The SMILES string of the molecule is C#CCN1CCC2(C1)OC(c1ccccc1)c1ccccc12. The van der Waals surface area contributed by atoms with Crippen LogP contribution >= 0.6 is 0 Å². The van der Waals surface area contributed by atoms with E-state index >= 15 is 0 Å². The molecule has 1 fully saturated rings. The Kier molecular flexibility index (Phi) is 3.26. The van der Waals surface area contributed by atoms with E-state index in [9.17, 15) is 0 Å². The molecule has 2 heterocycles. The van der Waals surface area contributed by atoms with Crippen LogP contribution in [0.5, 0.6) is 0 Å². The summed E-state index contributed by atoms with van der Waals surface area (Å²) in [7, 11) is 0. The summed E-state index contributed by atoms with van der Waals surface area (Å²) in [6, 6.07) is 19.1. The van der Waals surface area contributed by atoms with Crippen LogP contribution < -0.4 is 0 Å². The Morgan fingerprint density at radius 2 is 1.91 bits per heavy atom. The summed E-state index contributed by atoms with van der Waals surface area (Å²) >= 11 is 0. The van der Waals surface area contributed by atoms with Gasteiger partial charge in [0, 0.05) is 13.1 Å². The maximum Gasteiger partial charge on any atom is 0.109 e. The van der Waals surface area contributed by atoms with E-state index in [1.807, 2.05) is 6.07 Å². The van der Waals surface area contributed by atoms with Gasteiger partial charge in [0.25, 0.3) is 0 Å². The second-order valence-electron chi connectivity index (χ2n) is 6.15. The maximum atomic E-state index is 6.63. The summed E-state index contributed by atoms with van der Waals surface area (Å²) in [6.07, 6.45) is 6.52. The summed E-state index contributed by atoms with van der Waals surface area (Å²) < 4.78 is 6.63. The van der Waals surface area contributed by atoms with E-state index in [0.29, 0.717) is 6.54 Å². The molecule has 0 aliphatic carbocycles. The number of ether oxygens (including phenoxy) is 1. The largest absolute Gasteiger partial charge is 0.356 e. The molecule has 22 heavy (non-hydrogen) atoms. The zero-order valence-electron chi connectivity index (χ0n) is 12.5. The van der Waals surface area contributed by atoms with Gasteiger partial charge in [-0.1, -0.05) is 60.5 Å². The van der Waals surface area contributed by atoms with Crippen molar-refractivity contribution in [2.45, 2.75) is 18.1 Å². The average molecular weight is 289 g/mol. The topological polar surface area (TPSA) is 12.5 Å². The average Bonchev–Trinajstić information content (AvgIpc) is 3.12. The van der Waals surface area contributed by atoms with E-state index in [4.69, 9.17) is 11.2 Å². The fourth-order valence-corrected chi connectivity index (χ4v) is 3.81. The Balaban J connectivity index is 1.74. The van der Waals surface area contributed by atoms with Crippen molar-refractivity contribution in [3.05, 3.63) is 71.3 Å². The number of fused-ring (bicyclic) bond motifs is 2. The lowest BCUT2D eigenvalue weighted by molar-refractivity contribution is -0.0525. The highest BCUT2D eigenvalue weighted by molar-refractivity contribution is 5.44. The van der Waals surface area contributed by atoms with Crippen molar-refractivity contribution in [2.75, 3.05) is 19.6 Å². The van der Waals surface area contributed by atoms with E-state index in [2.05, 4.69) is 59.4 Å². The first-order chi connectivity index (χ1) is 10.8. The summed E-state index contributed by atoms with van der Waals surface area (Å²) in [4.78, 5) is 2.31. The molecule has 0 N–H and O–H groups in total. The van der Waals surface area contributed by atoms with E-state index in [-0.39, 0.29) is 11.7 Å². The third-order valence-corrected chi connectivity index (χ3v) is 4.81. The standard InChI is InChI=1S/C20H19NO/c1-2-13-21-14-12-20(15-21)18-11-7-6-10-17(18)19(22-20)16-8-4-3-5-9-16/h1,3-11,19H,12-15H2. The van der Waals surface area contributed by atoms with Crippen LogP contribution in [0.1, 0.15) is 29.2 Å². The summed E-state index contributed by atoms with van der Waals surface area (Å²) in [5.41, 5.74) is 3.66. The molecule has 0 radical (unpaired) electrons. The minimum Gasteiger partial charge on any atom is -0.356 e. The van der Waals surface area contributed by atoms with Gasteiger partial charge in [-0.3, -0.25) is 4.90 Å². The number of rotatable bonds is 2. The molecule has 2 nitrogen and oxygen atoms in total. The number of likely N-dealkylation sites (tertiary alicyclic amines) is 1. The molecule has 1 saturated heterocycles. The Bertz CT molecular complexity index is 718. The summed E-state index contributed by atoms with van der Waals surface area (Å²) in [6.45, 7) is 2.58. The normalized spacial score (nSPS) is 27.0. The van der Waals surface area contributed by atoms with Crippen molar-refractivity contribution in [3.8, 4) is 12.3 Å². The van der Waals surface area contributed by atoms with Crippen LogP contribution in [0, 0.1) is 12.3 Å². The Morgan fingerprint density at radius 3 is 2.73 bits per heavy atom. The first kappa shape index (κ1) is 13.6. The molecule has 2 aromatic rings. The lowest BCUT2D eigenvalue weighted by atomic mass is 9.90. The Morgan fingerprint density at radius 1 is 1.14 bits per heavy atom. The van der Waals surface area contributed by atoms with Gasteiger partial charge in [-0.15, -0.1) is 6.42 Å². The fraction of sp³-hybridized carbons (Fsp3) is 0.300. The highest BCUT2D eigenvalue weighted by Crippen LogP contribution is 2.50. The van der Waals surface area contributed by atoms with Crippen LogP contribution in [0.25, 0.3) is 0 Å². The van der Waals surface area contributed by atoms with Crippen LogP contribution in [0.15, 0.2) is 54.6 Å². The van der Waals surface area contributed by atoms with Gasteiger partial charge in [0.2, 0.25) is 0 Å². The first-order valence-corrected chi connectivity index (χ1v) is 7.80. The smallest absolute Gasteiger partial charge is 0.109 e. The molecule has 0 aromatic heterocycles. The first-order valence-electron chi connectivity index (χ1n) is 7.80. The van der Waals surface area contributed by atoms with E-state index < -0.39 is 0 Å². The highest BCUT2D eigenvalue weighted by Gasteiger charge is 2.49. The molecule has 0 saturated carbocycles. The molecular formula is C20H19NO. The second-order valence-corrected chi connectivity index (χ2v) is 6.15. The van der Waals surface area contributed by atoms with Gasteiger partial charge in [-0.05, 0) is 23.1 Å². The van der Waals surface area contributed by atoms with Crippen LogP contribution in [-0.4, -0.2) is 24.5 Å². The Labute approximate surface area is 131 Å². The molecular weight excluding hydrogens is 270 g/mol. The number of hydrogen-bond donors (Lipinski definition) is 0. The maximum absolute atomic E-state index is 6.63. The van der Waals surface area contributed by atoms with Crippen LogP contribution in [0.4, 0.5) is 0 Å². The van der Waals surface area contributed by atoms with Crippen molar-refractivity contribution in [1.82, 2.24) is 4.90 Å². The minimum absolute atomic E-state index is 0.0307. The molecule has 1 spiro atoms. The summed E-state index contributed by atoms with van der Waals surface area (Å²) in [5, 5.41) is 0. The summed E-state index contributed by atoms with van der Waals surface area (Å²) in [5.74, 6) is 2.75. The number of terminal acetylenes is 1. The van der Waals surface area contributed by atoms with E-state index in [1.54, 1.807) is 0 Å². The molecule has 110 valence electrons. The lowest BCUT2D eigenvalue weighted by Crippen LogP contribution is -2.31. The Hall–Kier alpha value is -2.08. The predicted octanol–water partition coefficient (Wildman–Crippen LogP) is 3.34. The molecule has 2 atom stereocenters. The van der Waals surface area contributed by atoms with Gasteiger partial charge >= 0.3 is 0 Å². The van der Waals surface area contributed by atoms with Gasteiger partial charge in [-0.25, -0.2) is 0 Å². The van der Waals surface area contributed by atoms with Crippen molar-refractivity contribution in [2.24, 2.45) is 0 Å². The van der Waals surface area contributed by atoms with Crippen molar-refractivity contribution >= 4 is 0 Å². The molecule has 2 aromatic carbocycles. The zero-order valence-corrected chi connectivity index (χ0v) is 12.5. The van der Waals surface area contributed by atoms with Crippen LogP contribution in [-0.2, 0) is 10.3 Å². The van der Waals surface area contributed by atoms with Crippen LogP contribution in [0.3, 0.4) is 0 Å². The third kappa shape index (κ3) is 2.06. The van der Waals surface area contributed by atoms with E-state index in [0.717, 1.165) is 19.5 Å². The molecule has 2 heteroatoms. The number of hydrogen-bond acceptors (Lipinski definition) is 2. The van der Waals surface area contributed by atoms with Gasteiger partial charge in [0.05, 0.1) is 6.54 Å². The van der Waals surface area contributed by atoms with Crippen molar-refractivity contribution in [3.63, 3.8) is 0 Å². The van der Waals surface area contributed by atoms with Gasteiger partial charge in [-0.2, -0.15) is 0 Å². The number of nitrogens with zero attached hydrogens (tertiary/aromatic N) is 1. The van der Waals surface area contributed by atoms with Crippen molar-refractivity contribution < 1.29 is 4.74 Å². The van der Waals surface area contributed by atoms with Gasteiger partial charge in [0.15, 0.2) is 0 Å². The van der Waals surface area contributed by atoms with Gasteiger partial charge in [0.1, 0.15) is 11.7 Å². The molecule has 0 amide bonds. The quantitative estimate of drug-likeness (QED) is 0.786. The van der Waals surface area contributed by atoms with Crippen LogP contribution in [0.2, 0.25) is 0 Å². The van der Waals surface area contributed by atoms with Crippen molar-refractivity contribution in [1.29, 1.82) is 0 Å². The molecule has 4 rings (SSSR count). The fourth-order valence-electron chi connectivity index (χ4n) is 3.81.